The van der Waals surface area contributed by atoms with Crippen molar-refractivity contribution in [1.82, 2.24) is 15.1 Å². The number of carbonyl (C=O) groups is 2. The molecule has 2 rings (SSSR count). The van der Waals surface area contributed by atoms with E-state index in [1.807, 2.05) is 6.92 Å². The molecule has 8 heteroatoms. The lowest BCUT2D eigenvalue weighted by molar-refractivity contribution is -0.115. The van der Waals surface area contributed by atoms with Crippen LogP contribution in [0.5, 0.6) is 5.75 Å². The fourth-order valence-corrected chi connectivity index (χ4v) is 2.20. The first-order valence-corrected chi connectivity index (χ1v) is 7.25. The average Bonchev–Trinajstić information content (AvgIpc) is 2.78. The summed E-state index contributed by atoms with van der Waals surface area (Å²) in [5.41, 5.74) is 1.92. The Balaban J connectivity index is 1.97. The average molecular weight is 334 g/mol. The van der Waals surface area contributed by atoms with Crippen molar-refractivity contribution in [3.05, 3.63) is 41.0 Å². The summed E-state index contributed by atoms with van der Waals surface area (Å²) in [6.07, 6.45) is 0. The number of hydrogen-bond acceptors (Lipinski definition) is 4. The van der Waals surface area contributed by atoms with Gasteiger partial charge in [0, 0.05) is 13.1 Å². The highest BCUT2D eigenvalue weighted by Crippen LogP contribution is 2.18. The van der Waals surface area contributed by atoms with E-state index in [1.165, 1.54) is 19.2 Å². The molecule has 0 saturated heterocycles. The molecule has 0 aliphatic heterocycles. The van der Waals surface area contributed by atoms with Crippen molar-refractivity contribution in [2.45, 2.75) is 13.8 Å². The maximum atomic E-state index is 13.8. The number of hydrogen-bond donors (Lipinski definition) is 2. The van der Waals surface area contributed by atoms with E-state index in [0.717, 1.165) is 11.8 Å². The normalized spacial score (nSPS) is 10.4. The molecule has 0 saturated carbocycles. The molecule has 0 aliphatic rings. The molecule has 2 amide bonds. The minimum Gasteiger partial charge on any atom is -0.497 e. The third-order valence-electron chi connectivity index (χ3n) is 3.60. The molecule has 0 bridgehead atoms. The molecule has 0 spiro atoms. The highest BCUT2D eigenvalue weighted by atomic mass is 19.1. The molecule has 0 atom stereocenters. The van der Waals surface area contributed by atoms with Crippen molar-refractivity contribution in [2.75, 3.05) is 19.0 Å². The molecular formula is C16H19FN4O3. The van der Waals surface area contributed by atoms with E-state index >= 15 is 0 Å². The van der Waals surface area contributed by atoms with Crippen molar-refractivity contribution in [3.63, 3.8) is 0 Å². The molecule has 0 unspecified atom stereocenters. The zero-order valence-electron chi connectivity index (χ0n) is 13.9. The molecule has 1 aromatic carbocycles. The minimum atomic E-state index is -0.716. The number of halogens is 1. The van der Waals surface area contributed by atoms with Crippen molar-refractivity contribution in [2.24, 2.45) is 7.05 Å². The predicted octanol–water partition coefficient (Wildman–Crippen LogP) is 1.55. The lowest BCUT2D eigenvalue weighted by Gasteiger charge is -2.08. The zero-order chi connectivity index (χ0) is 17.9. The van der Waals surface area contributed by atoms with Crippen LogP contribution in [-0.4, -0.2) is 35.2 Å². The number of anilines is 1. The molecular weight excluding hydrogens is 315 g/mol. The molecule has 2 N–H and O–H groups in total. The summed E-state index contributed by atoms with van der Waals surface area (Å²) < 4.78 is 20.3. The first-order chi connectivity index (χ1) is 11.3. The van der Waals surface area contributed by atoms with Crippen LogP contribution in [-0.2, 0) is 11.8 Å². The van der Waals surface area contributed by atoms with Gasteiger partial charge in [0.2, 0.25) is 5.91 Å². The number of benzene rings is 1. The number of aryl methyl sites for hydroxylation is 2. The van der Waals surface area contributed by atoms with Gasteiger partial charge >= 0.3 is 0 Å². The summed E-state index contributed by atoms with van der Waals surface area (Å²) in [6, 6.07) is 3.88. The van der Waals surface area contributed by atoms with E-state index in [-0.39, 0.29) is 12.1 Å². The van der Waals surface area contributed by atoms with Crippen molar-refractivity contribution < 1.29 is 18.7 Å². The van der Waals surface area contributed by atoms with Crippen LogP contribution in [0.25, 0.3) is 0 Å². The van der Waals surface area contributed by atoms with Crippen molar-refractivity contribution in [1.29, 1.82) is 0 Å². The molecule has 0 aliphatic carbocycles. The molecule has 2 aromatic rings. The minimum absolute atomic E-state index is 0.155. The molecule has 24 heavy (non-hydrogen) atoms. The van der Waals surface area contributed by atoms with E-state index in [2.05, 4.69) is 15.7 Å². The molecule has 7 nitrogen and oxygen atoms in total. The molecule has 1 aromatic heterocycles. The molecule has 0 radical (unpaired) electrons. The number of ether oxygens (including phenoxy) is 1. The Morgan fingerprint density at radius 3 is 2.58 bits per heavy atom. The quantitative estimate of drug-likeness (QED) is 0.869. The van der Waals surface area contributed by atoms with Gasteiger partial charge in [0.05, 0.1) is 36.3 Å². The van der Waals surface area contributed by atoms with Gasteiger partial charge in [-0.25, -0.2) is 4.39 Å². The highest BCUT2D eigenvalue weighted by Gasteiger charge is 2.16. The topological polar surface area (TPSA) is 85.2 Å². The number of methoxy groups -OCH3 is 1. The van der Waals surface area contributed by atoms with Gasteiger partial charge in [0.25, 0.3) is 5.91 Å². The Hall–Kier alpha value is -2.90. The van der Waals surface area contributed by atoms with E-state index in [1.54, 1.807) is 18.7 Å². The SMILES string of the molecule is COc1ccc(C(=O)NCC(=O)Nc2c(C)nn(C)c2C)c(F)c1. The Bertz CT molecular complexity index is 786. The lowest BCUT2D eigenvalue weighted by atomic mass is 10.2. The van der Waals surface area contributed by atoms with Gasteiger partial charge in [0.1, 0.15) is 11.6 Å². The number of nitrogens with one attached hydrogen (secondary N) is 2. The van der Waals surface area contributed by atoms with Gasteiger partial charge in [-0.05, 0) is 26.0 Å². The number of carbonyl (C=O) groups excluding carboxylic acids is 2. The van der Waals surface area contributed by atoms with Crippen LogP contribution in [0.2, 0.25) is 0 Å². The summed E-state index contributed by atoms with van der Waals surface area (Å²) in [4.78, 5) is 23.9. The van der Waals surface area contributed by atoms with Crippen LogP contribution in [0.4, 0.5) is 10.1 Å². The molecule has 128 valence electrons. The number of aromatic nitrogens is 2. The van der Waals surface area contributed by atoms with Crippen molar-refractivity contribution >= 4 is 17.5 Å². The van der Waals surface area contributed by atoms with Gasteiger partial charge in [-0.3, -0.25) is 14.3 Å². The maximum absolute atomic E-state index is 13.8. The summed E-state index contributed by atoms with van der Waals surface area (Å²) in [7, 11) is 3.17. The first kappa shape index (κ1) is 17.5. The predicted molar refractivity (Wildman–Crippen MR) is 86.6 cm³/mol. The van der Waals surface area contributed by atoms with E-state index < -0.39 is 17.6 Å². The van der Waals surface area contributed by atoms with Gasteiger partial charge in [0.15, 0.2) is 0 Å². The maximum Gasteiger partial charge on any atom is 0.254 e. The van der Waals surface area contributed by atoms with E-state index in [9.17, 15) is 14.0 Å². The van der Waals surface area contributed by atoms with E-state index in [4.69, 9.17) is 4.74 Å². The second-order valence-electron chi connectivity index (χ2n) is 5.25. The summed E-state index contributed by atoms with van der Waals surface area (Å²) in [5, 5.41) is 9.26. The Labute approximate surface area is 138 Å². The molecule has 1 heterocycles. The number of rotatable bonds is 5. The zero-order valence-corrected chi connectivity index (χ0v) is 13.9. The van der Waals surface area contributed by atoms with Crippen LogP contribution >= 0.6 is 0 Å². The summed E-state index contributed by atoms with van der Waals surface area (Å²) in [5.74, 6) is -1.50. The van der Waals surface area contributed by atoms with Crippen LogP contribution in [0.3, 0.4) is 0 Å². The van der Waals surface area contributed by atoms with Crippen LogP contribution < -0.4 is 15.4 Å². The monoisotopic (exact) mass is 334 g/mol. The van der Waals surface area contributed by atoms with Gasteiger partial charge < -0.3 is 15.4 Å². The summed E-state index contributed by atoms with van der Waals surface area (Å²) >= 11 is 0. The van der Waals surface area contributed by atoms with Gasteiger partial charge in [-0.1, -0.05) is 0 Å². The van der Waals surface area contributed by atoms with Gasteiger partial charge in [-0.2, -0.15) is 5.10 Å². The van der Waals surface area contributed by atoms with Crippen molar-refractivity contribution in [3.8, 4) is 5.75 Å². The van der Waals surface area contributed by atoms with Crippen LogP contribution in [0.1, 0.15) is 21.7 Å². The van der Waals surface area contributed by atoms with Gasteiger partial charge in [-0.15, -0.1) is 0 Å². The number of amides is 2. The van der Waals surface area contributed by atoms with E-state index in [0.29, 0.717) is 17.1 Å². The smallest absolute Gasteiger partial charge is 0.254 e. The molecule has 0 fully saturated rings. The third kappa shape index (κ3) is 3.70. The fraction of sp³-hybridized carbons (Fsp3) is 0.312. The second-order valence-corrected chi connectivity index (χ2v) is 5.25. The summed E-state index contributed by atoms with van der Waals surface area (Å²) in [6.45, 7) is 3.31. The van der Waals surface area contributed by atoms with Crippen LogP contribution in [0, 0.1) is 19.7 Å². The Kier molecular flexibility index (Phi) is 5.18. The lowest BCUT2D eigenvalue weighted by Crippen LogP contribution is -2.33. The van der Waals surface area contributed by atoms with Crippen LogP contribution in [0.15, 0.2) is 18.2 Å². The second kappa shape index (κ2) is 7.12. The fourth-order valence-electron chi connectivity index (χ4n) is 2.20. The first-order valence-electron chi connectivity index (χ1n) is 7.25. The Morgan fingerprint density at radius 2 is 2.04 bits per heavy atom. The standard InChI is InChI=1S/C16H19FN4O3/c1-9-15(10(2)21(3)20-9)19-14(22)8-18-16(23)12-6-5-11(24-4)7-13(12)17/h5-7H,8H2,1-4H3,(H,18,23)(H,19,22). The number of nitrogens with zero attached hydrogens (tertiary/aromatic N) is 2. The highest BCUT2D eigenvalue weighted by molar-refractivity contribution is 5.99. The largest absolute Gasteiger partial charge is 0.497 e. The third-order valence-corrected chi connectivity index (χ3v) is 3.60. The Morgan fingerprint density at radius 1 is 1.33 bits per heavy atom.